The molecule has 1 aliphatic heterocycles. The second kappa shape index (κ2) is 6.46. The normalized spacial score (nSPS) is 11.7. The van der Waals surface area contributed by atoms with E-state index in [1.807, 2.05) is 0 Å². The minimum absolute atomic E-state index is 0. The van der Waals surface area contributed by atoms with Gasteiger partial charge in [-0.15, -0.1) is 12.4 Å². The lowest BCUT2D eigenvalue weighted by Gasteiger charge is -2.34. The highest BCUT2D eigenvalue weighted by atomic mass is 35.5. The maximum Gasteiger partial charge on any atom is 0.0718 e. The van der Waals surface area contributed by atoms with Crippen LogP contribution in [-0.4, -0.2) is 14.1 Å². The minimum atomic E-state index is 0. The molecule has 122 valence electrons. The summed E-state index contributed by atoms with van der Waals surface area (Å²) >= 11 is 0. The fourth-order valence-corrected chi connectivity index (χ4v) is 2.99. The smallest absolute Gasteiger partial charge is 0.0718 e. The van der Waals surface area contributed by atoms with Crippen LogP contribution in [0.25, 0.3) is 0 Å². The van der Waals surface area contributed by atoms with Crippen LogP contribution in [0.4, 0.5) is 34.1 Å². The molecule has 1 N–H and O–H groups in total. The lowest BCUT2D eigenvalue weighted by atomic mass is 10.1. The van der Waals surface area contributed by atoms with E-state index in [4.69, 9.17) is 0 Å². The van der Waals surface area contributed by atoms with E-state index >= 15 is 0 Å². The predicted molar refractivity (Wildman–Crippen MR) is 106 cm³/mol. The molecule has 1 aliphatic rings. The fraction of sp³-hybridized carbons (Fsp3) is 0.100. The van der Waals surface area contributed by atoms with Gasteiger partial charge >= 0.3 is 0 Å². The SMILES string of the molecule is CN(C)c1ccc2c(c1)N(c1ccccc1)c1ccccc1N2.Cl. The molecule has 0 spiro atoms. The zero-order valence-corrected chi connectivity index (χ0v) is 14.5. The number of hydrogen-bond acceptors (Lipinski definition) is 3. The molecule has 1 heterocycles. The number of nitrogens with zero attached hydrogens (tertiary/aromatic N) is 2. The first-order chi connectivity index (χ1) is 11.2. The Kier molecular flexibility index (Phi) is 4.36. The van der Waals surface area contributed by atoms with Crippen molar-refractivity contribution in [1.82, 2.24) is 0 Å². The van der Waals surface area contributed by atoms with Gasteiger partial charge in [0.15, 0.2) is 0 Å². The molecule has 0 saturated carbocycles. The number of nitrogens with one attached hydrogen (secondary N) is 1. The van der Waals surface area contributed by atoms with Gasteiger partial charge in [-0.1, -0.05) is 30.3 Å². The van der Waals surface area contributed by atoms with Gasteiger partial charge in [-0.05, 0) is 42.5 Å². The number of benzene rings is 3. The molecular formula is C20H20ClN3. The number of hydrogen-bond donors (Lipinski definition) is 1. The van der Waals surface area contributed by atoms with Crippen molar-refractivity contribution in [3.63, 3.8) is 0 Å². The zero-order valence-electron chi connectivity index (χ0n) is 13.7. The third-order valence-electron chi connectivity index (χ3n) is 4.17. The molecule has 3 nitrogen and oxygen atoms in total. The topological polar surface area (TPSA) is 18.5 Å². The lowest BCUT2D eigenvalue weighted by Crippen LogP contribution is -2.18. The Bertz CT molecular complexity index is 847. The van der Waals surface area contributed by atoms with Crippen LogP contribution in [0.15, 0.2) is 72.8 Å². The highest BCUT2D eigenvalue weighted by molar-refractivity contribution is 5.97. The molecule has 3 aromatic rings. The van der Waals surface area contributed by atoms with E-state index in [-0.39, 0.29) is 12.4 Å². The summed E-state index contributed by atoms with van der Waals surface area (Å²) in [6.07, 6.45) is 0. The van der Waals surface area contributed by atoms with Gasteiger partial charge < -0.3 is 15.1 Å². The average molecular weight is 338 g/mol. The largest absolute Gasteiger partial charge is 0.378 e. The molecule has 0 bridgehead atoms. The van der Waals surface area contributed by atoms with E-state index in [0.717, 1.165) is 11.4 Å². The number of halogens is 1. The van der Waals surface area contributed by atoms with Crippen LogP contribution >= 0.6 is 12.4 Å². The van der Waals surface area contributed by atoms with Crippen LogP contribution < -0.4 is 15.1 Å². The van der Waals surface area contributed by atoms with Crippen molar-refractivity contribution in [3.05, 3.63) is 72.8 Å². The maximum atomic E-state index is 3.55. The molecule has 0 aliphatic carbocycles. The van der Waals surface area contributed by atoms with Crippen molar-refractivity contribution in [2.45, 2.75) is 0 Å². The summed E-state index contributed by atoms with van der Waals surface area (Å²) in [6.45, 7) is 0. The molecule has 4 heteroatoms. The summed E-state index contributed by atoms with van der Waals surface area (Å²) in [7, 11) is 4.14. The quantitative estimate of drug-likeness (QED) is 0.506. The predicted octanol–water partition coefficient (Wildman–Crippen LogP) is 5.70. The summed E-state index contributed by atoms with van der Waals surface area (Å²) in [5.74, 6) is 0. The molecule has 24 heavy (non-hydrogen) atoms. The number of rotatable bonds is 2. The molecule has 0 radical (unpaired) electrons. The second-order valence-corrected chi connectivity index (χ2v) is 5.91. The maximum absolute atomic E-state index is 3.55. The van der Waals surface area contributed by atoms with E-state index in [2.05, 4.69) is 102 Å². The van der Waals surface area contributed by atoms with Gasteiger partial charge in [0.05, 0.1) is 22.7 Å². The third-order valence-corrected chi connectivity index (χ3v) is 4.17. The summed E-state index contributed by atoms with van der Waals surface area (Å²) < 4.78 is 0. The number of para-hydroxylation sites is 3. The highest BCUT2D eigenvalue weighted by Gasteiger charge is 2.23. The van der Waals surface area contributed by atoms with Crippen molar-refractivity contribution in [2.75, 3.05) is 29.2 Å². The Hall–Kier alpha value is -2.65. The van der Waals surface area contributed by atoms with Gasteiger partial charge in [0.25, 0.3) is 0 Å². The van der Waals surface area contributed by atoms with E-state index in [0.29, 0.717) is 0 Å². The zero-order chi connectivity index (χ0) is 15.8. The summed E-state index contributed by atoms with van der Waals surface area (Å²) in [5, 5.41) is 3.55. The Balaban J connectivity index is 0.00000169. The van der Waals surface area contributed by atoms with Crippen LogP contribution in [-0.2, 0) is 0 Å². The minimum Gasteiger partial charge on any atom is -0.378 e. The van der Waals surface area contributed by atoms with Crippen molar-refractivity contribution in [1.29, 1.82) is 0 Å². The van der Waals surface area contributed by atoms with Crippen molar-refractivity contribution < 1.29 is 0 Å². The van der Waals surface area contributed by atoms with E-state index < -0.39 is 0 Å². The molecule has 0 unspecified atom stereocenters. The van der Waals surface area contributed by atoms with Gasteiger partial charge in [-0.25, -0.2) is 0 Å². The molecule has 0 amide bonds. The Morgan fingerprint density at radius 1 is 0.750 bits per heavy atom. The van der Waals surface area contributed by atoms with Gasteiger partial charge in [-0.3, -0.25) is 0 Å². The van der Waals surface area contributed by atoms with E-state index in [1.54, 1.807) is 0 Å². The molecule has 0 fully saturated rings. The third kappa shape index (κ3) is 2.68. The summed E-state index contributed by atoms with van der Waals surface area (Å²) in [4.78, 5) is 4.44. The van der Waals surface area contributed by atoms with Crippen molar-refractivity contribution >= 4 is 46.5 Å². The highest BCUT2D eigenvalue weighted by Crippen LogP contribution is 2.48. The molecule has 3 aromatic carbocycles. The van der Waals surface area contributed by atoms with Gasteiger partial charge in [0.2, 0.25) is 0 Å². The van der Waals surface area contributed by atoms with Crippen LogP contribution in [0.5, 0.6) is 0 Å². The van der Waals surface area contributed by atoms with Gasteiger partial charge in [0.1, 0.15) is 0 Å². The Morgan fingerprint density at radius 3 is 2.17 bits per heavy atom. The Labute approximate surface area is 148 Å². The Morgan fingerprint density at radius 2 is 1.42 bits per heavy atom. The van der Waals surface area contributed by atoms with Crippen LogP contribution in [0, 0.1) is 0 Å². The van der Waals surface area contributed by atoms with Crippen molar-refractivity contribution in [3.8, 4) is 0 Å². The van der Waals surface area contributed by atoms with E-state index in [9.17, 15) is 0 Å². The molecule has 0 atom stereocenters. The summed E-state index contributed by atoms with van der Waals surface area (Å²) in [5.41, 5.74) is 6.94. The summed E-state index contributed by atoms with van der Waals surface area (Å²) in [6, 6.07) is 25.4. The van der Waals surface area contributed by atoms with E-state index in [1.165, 1.54) is 22.7 Å². The lowest BCUT2D eigenvalue weighted by molar-refractivity contribution is 1.13. The van der Waals surface area contributed by atoms with Crippen LogP contribution in [0.1, 0.15) is 0 Å². The number of fused-ring (bicyclic) bond motifs is 2. The fourth-order valence-electron chi connectivity index (χ4n) is 2.99. The van der Waals surface area contributed by atoms with Gasteiger partial charge in [-0.2, -0.15) is 0 Å². The van der Waals surface area contributed by atoms with Gasteiger partial charge in [0, 0.05) is 25.5 Å². The first kappa shape index (κ1) is 16.2. The molecule has 0 aromatic heterocycles. The molecular weight excluding hydrogens is 318 g/mol. The van der Waals surface area contributed by atoms with Crippen molar-refractivity contribution in [2.24, 2.45) is 0 Å². The first-order valence-electron chi connectivity index (χ1n) is 7.76. The second-order valence-electron chi connectivity index (χ2n) is 5.91. The van der Waals surface area contributed by atoms with Crippen LogP contribution in [0.2, 0.25) is 0 Å². The molecule has 0 saturated heterocycles. The number of anilines is 6. The average Bonchev–Trinajstić information content (AvgIpc) is 2.59. The van der Waals surface area contributed by atoms with Crippen LogP contribution in [0.3, 0.4) is 0 Å². The first-order valence-corrected chi connectivity index (χ1v) is 7.76. The monoisotopic (exact) mass is 337 g/mol. The molecule has 4 rings (SSSR count). The standard InChI is InChI=1S/C20H19N3.ClH/c1-22(2)16-12-13-18-20(14-16)23(15-8-4-3-5-9-15)19-11-7-6-10-17(19)21-18;/h3-14,21H,1-2H3;1H.